The molecule has 0 radical (unpaired) electrons. The van der Waals surface area contributed by atoms with Gasteiger partial charge in [-0.2, -0.15) is 0 Å². The number of benzene rings is 6. The Morgan fingerprint density at radius 1 is 0.548 bits per heavy atom. The molecule has 6 rings (SSSR count). The molecule has 4 nitrogen and oxygen atoms in total. The minimum absolute atomic E-state index is 0.554. The SMILES string of the molecule is Cc1cc(-c2cccc3ccccc23)cc(C)c1N.Cc1cc(Br)cc(C)c1N.OB(O)c1cccc2ccccc12. The number of hydrogen-bond donors (Lipinski definition) is 4. The summed E-state index contributed by atoms with van der Waals surface area (Å²) in [5.74, 6) is 0. The summed E-state index contributed by atoms with van der Waals surface area (Å²) in [6.07, 6.45) is 0. The Morgan fingerprint density at radius 2 is 0.976 bits per heavy atom. The Bertz CT molecular complexity index is 1800. The first-order chi connectivity index (χ1) is 20.1. The van der Waals surface area contributed by atoms with Crippen molar-refractivity contribution >= 4 is 61.4 Å². The van der Waals surface area contributed by atoms with Crippen molar-refractivity contribution in [3.63, 3.8) is 0 Å². The Hall–Kier alpha value is -4.10. The molecule has 6 heteroatoms. The highest BCUT2D eigenvalue weighted by atomic mass is 79.9. The molecule has 0 heterocycles. The Balaban J connectivity index is 0.000000154. The Labute approximate surface area is 256 Å². The van der Waals surface area contributed by atoms with Crippen molar-refractivity contribution in [2.75, 3.05) is 11.5 Å². The third-order valence-corrected chi connectivity index (χ3v) is 7.81. The lowest BCUT2D eigenvalue weighted by molar-refractivity contribution is 0.426. The fraction of sp³-hybridized carbons (Fsp3) is 0.111. The largest absolute Gasteiger partial charge is 0.489 e. The van der Waals surface area contributed by atoms with Gasteiger partial charge in [0, 0.05) is 15.8 Å². The molecule has 42 heavy (non-hydrogen) atoms. The van der Waals surface area contributed by atoms with Crippen LogP contribution in [-0.2, 0) is 0 Å². The zero-order valence-corrected chi connectivity index (χ0v) is 26.0. The second kappa shape index (κ2) is 13.7. The van der Waals surface area contributed by atoms with E-state index in [0.29, 0.717) is 5.46 Å². The second-order valence-electron chi connectivity index (χ2n) is 10.4. The van der Waals surface area contributed by atoms with Crippen LogP contribution in [0.1, 0.15) is 22.3 Å². The van der Waals surface area contributed by atoms with Crippen molar-refractivity contribution < 1.29 is 10.0 Å². The fourth-order valence-corrected chi connectivity index (χ4v) is 5.69. The first-order valence-corrected chi connectivity index (χ1v) is 14.6. The highest BCUT2D eigenvalue weighted by molar-refractivity contribution is 9.10. The number of aryl methyl sites for hydroxylation is 4. The van der Waals surface area contributed by atoms with Crippen molar-refractivity contribution in [3.8, 4) is 11.1 Å². The van der Waals surface area contributed by atoms with Gasteiger partial charge in [0.15, 0.2) is 0 Å². The van der Waals surface area contributed by atoms with E-state index in [1.54, 1.807) is 6.07 Å². The van der Waals surface area contributed by atoms with Gasteiger partial charge in [0.05, 0.1) is 0 Å². The lowest BCUT2D eigenvalue weighted by Gasteiger charge is -2.11. The van der Waals surface area contributed by atoms with Gasteiger partial charge in [-0.3, -0.25) is 0 Å². The first kappa shape index (κ1) is 30.9. The van der Waals surface area contributed by atoms with E-state index >= 15 is 0 Å². The number of nitrogen functional groups attached to an aromatic ring is 2. The average molecular weight is 619 g/mol. The summed E-state index contributed by atoms with van der Waals surface area (Å²) in [6.45, 7) is 8.15. The van der Waals surface area contributed by atoms with Gasteiger partial charge in [-0.1, -0.05) is 101 Å². The van der Waals surface area contributed by atoms with Gasteiger partial charge in [0.25, 0.3) is 0 Å². The van der Waals surface area contributed by atoms with Gasteiger partial charge in [0.2, 0.25) is 0 Å². The molecule has 0 aliphatic heterocycles. The molecule has 0 unspecified atom stereocenters. The fourth-order valence-electron chi connectivity index (χ4n) is 5.00. The lowest BCUT2D eigenvalue weighted by Crippen LogP contribution is -2.30. The number of nitrogens with two attached hydrogens (primary N) is 2. The molecular formula is C36H36BBrN2O2. The molecule has 0 aromatic heterocycles. The molecule has 0 fully saturated rings. The van der Waals surface area contributed by atoms with E-state index in [1.165, 1.54) is 21.9 Å². The van der Waals surface area contributed by atoms with Crippen molar-refractivity contribution in [2.45, 2.75) is 27.7 Å². The Kier molecular flexibility index (Phi) is 10.1. The van der Waals surface area contributed by atoms with Crippen LogP contribution in [0.3, 0.4) is 0 Å². The summed E-state index contributed by atoms with van der Waals surface area (Å²) in [7, 11) is -1.40. The van der Waals surface area contributed by atoms with Crippen LogP contribution < -0.4 is 16.9 Å². The maximum absolute atomic E-state index is 9.08. The van der Waals surface area contributed by atoms with Crippen LogP contribution in [0.2, 0.25) is 0 Å². The molecule has 6 aromatic carbocycles. The van der Waals surface area contributed by atoms with Gasteiger partial charge >= 0.3 is 7.12 Å². The van der Waals surface area contributed by atoms with E-state index in [9.17, 15) is 0 Å². The maximum Gasteiger partial charge on any atom is 0.489 e. The van der Waals surface area contributed by atoms with Gasteiger partial charge < -0.3 is 21.5 Å². The number of fused-ring (bicyclic) bond motifs is 2. The topological polar surface area (TPSA) is 92.5 Å². The minimum atomic E-state index is -1.40. The third kappa shape index (κ3) is 7.21. The first-order valence-electron chi connectivity index (χ1n) is 13.8. The molecule has 6 N–H and O–H groups in total. The highest BCUT2D eigenvalue weighted by Crippen LogP contribution is 2.32. The van der Waals surface area contributed by atoms with E-state index < -0.39 is 7.12 Å². The highest BCUT2D eigenvalue weighted by Gasteiger charge is 2.13. The van der Waals surface area contributed by atoms with E-state index in [4.69, 9.17) is 21.5 Å². The number of halogens is 1. The van der Waals surface area contributed by atoms with Crippen LogP contribution in [0.15, 0.2) is 114 Å². The summed E-state index contributed by atoms with van der Waals surface area (Å²) in [5, 5.41) is 22.6. The summed E-state index contributed by atoms with van der Waals surface area (Å²) in [5.41, 5.74) is 21.2. The van der Waals surface area contributed by atoms with Gasteiger partial charge in [-0.25, -0.2) is 0 Å². The molecule has 0 aliphatic rings. The number of rotatable bonds is 2. The van der Waals surface area contributed by atoms with Crippen LogP contribution in [0.25, 0.3) is 32.7 Å². The van der Waals surface area contributed by atoms with Crippen molar-refractivity contribution in [2.24, 2.45) is 0 Å². The predicted molar refractivity (Wildman–Crippen MR) is 185 cm³/mol. The maximum atomic E-state index is 9.08. The molecule has 212 valence electrons. The van der Waals surface area contributed by atoms with E-state index in [2.05, 4.69) is 84.4 Å². The van der Waals surface area contributed by atoms with Crippen molar-refractivity contribution in [1.29, 1.82) is 0 Å². The van der Waals surface area contributed by atoms with Gasteiger partial charge in [-0.05, 0) is 112 Å². The normalized spacial score (nSPS) is 10.5. The summed E-state index contributed by atoms with van der Waals surface area (Å²) in [6, 6.07) is 36.4. The summed E-state index contributed by atoms with van der Waals surface area (Å²) < 4.78 is 1.09. The minimum Gasteiger partial charge on any atom is -0.423 e. The molecule has 0 atom stereocenters. The predicted octanol–water partition coefficient (Wildman–Crippen LogP) is 7.87. The second-order valence-corrected chi connectivity index (χ2v) is 11.4. The van der Waals surface area contributed by atoms with Crippen molar-refractivity contribution in [3.05, 3.63) is 136 Å². The van der Waals surface area contributed by atoms with Crippen LogP contribution in [0.5, 0.6) is 0 Å². The smallest absolute Gasteiger partial charge is 0.423 e. The number of hydrogen-bond acceptors (Lipinski definition) is 4. The van der Waals surface area contributed by atoms with Crippen LogP contribution in [0, 0.1) is 27.7 Å². The zero-order chi connectivity index (χ0) is 30.4. The Morgan fingerprint density at radius 3 is 1.52 bits per heavy atom. The molecule has 0 bridgehead atoms. The standard InChI is InChI=1S/C18H17N.C10H9BO2.C8H10BrN/c1-12-10-15(11-13(2)18(12)19)17-9-5-7-14-6-3-4-8-16(14)17;12-11(13)10-7-3-5-8-4-1-2-6-9(8)10;1-5-3-7(9)4-6(2)8(5)10/h3-11H,19H2,1-2H3;1-7,12-13H;3-4H,10H2,1-2H3. The zero-order valence-electron chi connectivity index (χ0n) is 24.4. The lowest BCUT2D eigenvalue weighted by atomic mass is 9.77. The van der Waals surface area contributed by atoms with E-state index in [0.717, 1.165) is 48.9 Å². The van der Waals surface area contributed by atoms with E-state index in [1.807, 2.05) is 62.4 Å². The molecule has 0 saturated heterocycles. The van der Waals surface area contributed by atoms with Crippen LogP contribution in [0.4, 0.5) is 11.4 Å². The summed E-state index contributed by atoms with van der Waals surface area (Å²) in [4.78, 5) is 0. The van der Waals surface area contributed by atoms with Gasteiger partial charge in [0.1, 0.15) is 0 Å². The molecule has 0 aliphatic carbocycles. The summed E-state index contributed by atoms with van der Waals surface area (Å²) >= 11 is 3.39. The molecule has 0 saturated carbocycles. The van der Waals surface area contributed by atoms with Crippen LogP contribution in [-0.4, -0.2) is 17.2 Å². The average Bonchev–Trinajstić information content (AvgIpc) is 2.98. The van der Waals surface area contributed by atoms with Crippen LogP contribution >= 0.6 is 15.9 Å². The molecular weight excluding hydrogens is 583 g/mol. The molecule has 6 aromatic rings. The quantitative estimate of drug-likeness (QED) is 0.117. The monoisotopic (exact) mass is 618 g/mol. The van der Waals surface area contributed by atoms with E-state index in [-0.39, 0.29) is 0 Å². The molecule has 0 amide bonds. The number of anilines is 2. The van der Waals surface area contributed by atoms with Crippen molar-refractivity contribution in [1.82, 2.24) is 0 Å². The van der Waals surface area contributed by atoms with Gasteiger partial charge in [-0.15, -0.1) is 0 Å². The molecule has 0 spiro atoms. The third-order valence-electron chi connectivity index (χ3n) is 7.35.